The van der Waals surface area contributed by atoms with Crippen molar-refractivity contribution >= 4 is 11.0 Å². The predicted octanol–water partition coefficient (Wildman–Crippen LogP) is 1.19. The van der Waals surface area contributed by atoms with Gasteiger partial charge in [-0.3, -0.25) is 4.90 Å². The minimum atomic E-state index is 0.0951. The lowest BCUT2D eigenvalue weighted by molar-refractivity contribution is 0.0813. The Morgan fingerprint density at radius 2 is 2.05 bits per heavy atom. The smallest absolute Gasteiger partial charge is 0.162 e. The highest BCUT2D eigenvalue weighted by Crippen LogP contribution is 2.24. The zero-order valence-corrected chi connectivity index (χ0v) is 10.9. The molecule has 2 aromatic rings. The molecule has 0 aromatic carbocycles. The summed E-state index contributed by atoms with van der Waals surface area (Å²) >= 11 is 0. The van der Waals surface area contributed by atoms with E-state index in [1.165, 1.54) is 19.3 Å². The number of fused-ring (bicyclic) bond motifs is 1. The fourth-order valence-electron chi connectivity index (χ4n) is 2.81. The van der Waals surface area contributed by atoms with Gasteiger partial charge in [0, 0.05) is 32.3 Å². The average molecular weight is 261 g/mol. The summed E-state index contributed by atoms with van der Waals surface area (Å²) in [4.78, 5) is 10.7. The monoisotopic (exact) mass is 261 g/mol. The van der Waals surface area contributed by atoms with E-state index in [4.69, 9.17) is 0 Å². The van der Waals surface area contributed by atoms with Crippen molar-refractivity contribution in [3.8, 4) is 0 Å². The van der Waals surface area contributed by atoms with Gasteiger partial charge in [0.15, 0.2) is 5.65 Å². The van der Waals surface area contributed by atoms with Gasteiger partial charge in [0.05, 0.1) is 11.6 Å². The molecule has 1 atom stereocenters. The van der Waals surface area contributed by atoms with Crippen LogP contribution < -0.4 is 0 Å². The molecule has 0 aliphatic carbocycles. The summed E-state index contributed by atoms with van der Waals surface area (Å²) in [6.07, 6.45) is 9.63. The van der Waals surface area contributed by atoms with Gasteiger partial charge in [0.1, 0.15) is 12.5 Å². The molecular weight excluding hydrogens is 242 g/mol. The lowest BCUT2D eigenvalue weighted by atomic mass is 10.1. The predicted molar refractivity (Wildman–Crippen MR) is 71.5 cm³/mol. The molecule has 0 saturated carbocycles. The van der Waals surface area contributed by atoms with Gasteiger partial charge >= 0.3 is 0 Å². The maximum atomic E-state index is 9.34. The van der Waals surface area contributed by atoms with Crippen molar-refractivity contribution in [1.82, 2.24) is 24.6 Å². The molecule has 1 fully saturated rings. The van der Waals surface area contributed by atoms with Crippen LogP contribution in [0.15, 0.2) is 18.7 Å². The van der Waals surface area contributed by atoms with Crippen LogP contribution in [0.25, 0.3) is 11.0 Å². The molecule has 3 heterocycles. The van der Waals surface area contributed by atoms with Crippen LogP contribution in [0.4, 0.5) is 0 Å². The van der Waals surface area contributed by atoms with Crippen LogP contribution in [0.3, 0.4) is 0 Å². The van der Waals surface area contributed by atoms with Gasteiger partial charge in [0.2, 0.25) is 0 Å². The number of aromatic nitrogens is 4. The van der Waals surface area contributed by atoms with E-state index in [1.54, 1.807) is 18.7 Å². The Balaban J connectivity index is 1.94. The number of nitrogens with zero attached hydrogens (tertiary/aromatic N) is 5. The molecule has 6 nitrogen and oxygen atoms in total. The summed E-state index contributed by atoms with van der Waals surface area (Å²) in [6, 6.07) is 0. The molecule has 102 valence electrons. The van der Waals surface area contributed by atoms with E-state index in [2.05, 4.69) is 20.0 Å². The van der Waals surface area contributed by atoms with Gasteiger partial charge < -0.3 is 5.11 Å². The first-order valence-electron chi connectivity index (χ1n) is 6.88. The van der Waals surface area contributed by atoms with Gasteiger partial charge in [-0.15, -0.1) is 0 Å². The standard InChI is InChI=1S/C13H19N5O/c19-7-4-12(17-5-2-1-3-6-17)18-13-11(9-16-18)8-14-10-15-13/h8-10,12,19H,1-7H2. The molecule has 1 N–H and O–H groups in total. The number of likely N-dealkylation sites (tertiary alicyclic amines) is 1. The first-order chi connectivity index (χ1) is 9.40. The summed E-state index contributed by atoms with van der Waals surface area (Å²) in [7, 11) is 0. The summed E-state index contributed by atoms with van der Waals surface area (Å²) < 4.78 is 1.93. The highest BCUT2D eigenvalue weighted by molar-refractivity contribution is 5.72. The average Bonchev–Trinajstić information content (AvgIpc) is 2.89. The first-order valence-corrected chi connectivity index (χ1v) is 6.88. The minimum absolute atomic E-state index is 0.0951. The SMILES string of the molecule is OCCC(N1CCCCC1)n1ncc2cncnc21. The molecule has 0 amide bonds. The van der Waals surface area contributed by atoms with Crippen LogP contribution in [-0.4, -0.2) is 49.5 Å². The maximum absolute atomic E-state index is 9.34. The van der Waals surface area contributed by atoms with E-state index in [9.17, 15) is 5.11 Å². The zero-order valence-electron chi connectivity index (χ0n) is 10.9. The topological polar surface area (TPSA) is 67.1 Å². The Labute approximate surface area is 112 Å². The summed E-state index contributed by atoms with van der Waals surface area (Å²) in [5.41, 5.74) is 0.846. The quantitative estimate of drug-likeness (QED) is 0.895. The first kappa shape index (κ1) is 12.5. The van der Waals surface area contributed by atoms with Crippen molar-refractivity contribution in [2.24, 2.45) is 0 Å². The van der Waals surface area contributed by atoms with Crippen molar-refractivity contribution in [3.05, 3.63) is 18.7 Å². The number of aliphatic hydroxyl groups is 1. The molecule has 0 radical (unpaired) electrons. The van der Waals surface area contributed by atoms with Crippen LogP contribution >= 0.6 is 0 Å². The van der Waals surface area contributed by atoms with Crippen LogP contribution in [-0.2, 0) is 0 Å². The molecule has 1 aliphatic heterocycles. The molecule has 1 unspecified atom stereocenters. The van der Waals surface area contributed by atoms with Crippen molar-refractivity contribution < 1.29 is 5.11 Å². The van der Waals surface area contributed by atoms with Gasteiger partial charge in [-0.25, -0.2) is 14.6 Å². The van der Waals surface area contributed by atoms with Gasteiger partial charge in [-0.2, -0.15) is 5.10 Å². The van der Waals surface area contributed by atoms with Crippen LogP contribution in [0.5, 0.6) is 0 Å². The number of hydrogen-bond donors (Lipinski definition) is 1. The lowest BCUT2D eigenvalue weighted by Gasteiger charge is -2.34. The molecule has 2 aromatic heterocycles. The Bertz CT molecular complexity index is 535. The molecule has 6 heteroatoms. The molecule has 19 heavy (non-hydrogen) atoms. The second-order valence-electron chi connectivity index (χ2n) is 4.98. The van der Waals surface area contributed by atoms with E-state index in [-0.39, 0.29) is 12.8 Å². The number of hydrogen-bond acceptors (Lipinski definition) is 5. The third-order valence-electron chi connectivity index (χ3n) is 3.74. The molecule has 0 bridgehead atoms. The van der Waals surface area contributed by atoms with Gasteiger partial charge in [-0.05, 0) is 12.8 Å². The summed E-state index contributed by atoms with van der Waals surface area (Å²) in [5.74, 6) is 0. The zero-order chi connectivity index (χ0) is 13.1. The van der Waals surface area contributed by atoms with Crippen molar-refractivity contribution in [1.29, 1.82) is 0 Å². The van der Waals surface area contributed by atoms with Crippen LogP contribution in [0.1, 0.15) is 31.8 Å². The lowest BCUT2D eigenvalue weighted by Crippen LogP contribution is -2.37. The third-order valence-corrected chi connectivity index (χ3v) is 3.74. The van der Waals surface area contributed by atoms with Gasteiger partial charge in [0.25, 0.3) is 0 Å². The van der Waals surface area contributed by atoms with E-state index < -0.39 is 0 Å². The third kappa shape index (κ3) is 2.46. The number of aliphatic hydroxyl groups excluding tert-OH is 1. The van der Waals surface area contributed by atoms with Crippen LogP contribution in [0.2, 0.25) is 0 Å². The second kappa shape index (κ2) is 5.63. The van der Waals surface area contributed by atoms with Crippen molar-refractivity contribution in [3.63, 3.8) is 0 Å². The van der Waals surface area contributed by atoms with E-state index in [1.807, 2.05) is 4.68 Å². The Hall–Kier alpha value is -1.53. The van der Waals surface area contributed by atoms with Crippen LogP contribution in [0, 0.1) is 0 Å². The molecular formula is C13H19N5O. The second-order valence-corrected chi connectivity index (χ2v) is 4.98. The fourth-order valence-corrected chi connectivity index (χ4v) is 2.81. The normalized spacial score (nSPS) is 18.8. The summed E-state index contributed by atoms with van der Waals surface area (Å²) in [6.45, 7) is 2.29. The minimum Gasteiger partial charge on any atom is -0.396 e. The summed E-state index contributed by atoms with van der Waals surface area (Å²) in [5, 5.41) is 14.7. The Morgan fingerprint density at radius 1 is 1.21 bits per heavy atom. The number of rotatable bonds is 4. The molecule has 1 saturated heterocycles. The van der Waals surface area contributed by atoms with Gasteiger partial charge in [-0.1, -0.05) is 6.42 Å². The highest BCUT2D eigenvalue weighted by atomic mass is 16.3. The molecule has 3 rings (SSSR count). The Kier molecular flexibility index (Phi) is 3.70. The van der Waals surface area contributed by atoms with Crippen molar-refractivity contribution in [2.75, 3.05) is 19.7 Å². The maximum Gasteiger partial charge on any atom is 0.162 e. The van der Waals surface area contributed by atoms with Crippen molar-refractivity contribution in [2.45, 2.75) is 31.8 Å². The largest absolute Gasteiger partial charge is 0.396 e. The van der Waals surface area contributed by atoms with E-state index >= 15 is 0 Å². The van der Waals surface area contributed by atoms with E-state index in [0.29, 0.717) is 6.42 Å². The fraction of sp³-hybridized carbons (Fsp3) is 0.615. The molecule has 0 spiro atoms. The molecule has 1 aliphatic rings. The van der Waals surface area contributed by atoms with E-state index in [0.717, 1.165) is 24.1 Å². The highest BCUT2D eigenvalue weighted by Gasteiger charge is 2.24. The Morgan fingerprint density at radius 3 is 2.84 bits per heavy atom. The number of piperidine rings is 1.